The van der Waals surface area contributed by atoms with Crippen LogP contribution in [0.15, 0.2) is 12.1 Å². The van der Waals surface area contributed by atoms with Gasteiger partial charge < -0.3 is 10.1 Å². The highest BCUT2D eigenvalue weighted by Crippen LogP contribution is 2.24. The van der Waals surface area contributed by atoms with Crippen LogP contribution in [0.4, 0.5) is 0 Å². The second-order valence-electron chi connectivity index (χ2n) is 5.01. The molecule has 1 aromatic rings. The number of ether oxygens (including phenoxy) is 1. The maximum Gasteiger partial charge on any atom is 0.214 e. The second kappa shape index (κ2) is 6.74. The lowest BCUT2D eigenvalue weighted by atomic mass is 9.96. The van der Waals surface area contributed by atoms with Crippen molar-refractivity contribution in [3.05, 3.63) is 23.4 Å². The molecular formula is C15H24N2O. The van der Waals surface area contributed by atoms with Crippen molar-refractivity contribution in [1.29, 1.82) is 0 Å². The van der Waals surface area contributed by atoms with Crippen molar-refractivity contribution < 1.29 is 4.74 Å². The first-order valence-corrected chi connectivity index (χ1v) is 7.19. The van der Waals surface area contributed by atoms with Crippen molar-refractivity contribution in [2.45, 2.75) is 58.6 Å². The van der Waals surface area contributed by atoms with E-state index in [4.69, 9.17) is 4.74 Å². The fourth-order valence-electron chi connectivity index (χ4n) is 2.03. The van der Waals surface area contributed by atoms with Crippen LogP contribution in [-0.4, -0.2) is 17.6 Å². The zero-order chi connectivity index (χ0) is 12.8. The van der Waals surface area contributed by atoms with Gasteiger partial charge in [0.15, 0.2) is 0 Å². The van der Waals surface area contributed by atoms with Crippen LogP contribution in [-0.2, 0) is 13.0 Å². The molecule has 18 heavy (non-hydrogen) atoms. The van der Waals surface area contributed by atoms with Crippen molar-refractivity contribution >= 4 is 0 Å². The van der Waals surface area contributed by atoms with Gasteiger partial charge in [0.2, 0.25) is 5.88 Å². The predicted molar refractivity (Wildman–Crippen MR) is 73.9 cm³/mol. The fourth-order valence-corrected chi connectivity index (χ4v) is 2.03. The molecule has 2 rings (SSSR count). The summed E-state index contributed by atoms with van der Waals surface area (Å²) in [5.41, 5.74) is 2.41. The van der Waals surface area contributed by atoms with Gasteiger partial charge in [0, 0.05) is 18.3 Å². The maximum absolute atomic E-state index is 5.90. The third kappa shape index (κ3) is 3.70. The van der Waals surface area contributed by atoms with Gasteiger partial charge in [-0.15, -0.1) is 0 Å². The Morgan fingerprint density at radius 3 is 2.78 bits per heavy atom. The van der Waals surface area contributed by atoms with Gasteiger partial charge in [-0.1, -0.05) is 13.8 Å². The molecule has 0 radical (unpaired) electrons. The lowest BCUT2D eigenvalue weighted by Gasteiger charge is -2.26. The van der Waals surface area contributed by atoms with Gasteiger partial charge >= 0.3 is 0 Å². The summed E-state index contributed by atoms with van der Waals surface area (Å²) in [6.45, 7) is 6.29. The molecule has 1 aliphatic carbocycles. The van der Waals surface area contributed by atoms with Crippen LogP contribution in [0.2, 0.25) is 0 Å². The number of aromatic nitrogens is 1. The zero-order valence-electron chi connectivity index (χ0n) is 11.5. The molecule has 0 saturated heterocycles. The van der Waals surface area contributed by atoms with Crippen LogP contribution in [0, 0.1) is 0 Å². The Labute approximate surface area is 110 Å². The maximum atomic E-state index is 5.90. The normalized spacial score (nSPS) is 15.4. The molecule has 1 N–H and O–H groups in total. The van der Waals surface area contributed by atoms with E-state index in [9.17, 15) is 0 Å². The van der Waals surface area contributed by atoms with E-state index < -0.39 is 0 Å². The number of hydrogen-bond acceptors (Lipinski definition) is 3. The second-order valence-corrected chi connectivity index (χ2v) is 5.01. The molecular weight excluding hydrogens is 224 g/mol. The highest BCUT2D eigenvalue weighted by molar-refractivity contribution is 5.25. The van der Waals surface area contributed by atoms with Crippen molar-refractivity contribution in [2.24, 2.45) is 0 Å². The Bertz CT molecular complexity index is 375. The Kier molecular flexibility index (Phi) is 5.00. The van der Waals surface area contributed by atoms with Crippen molar-refractivity contribution in [1.82, 2.24) is 10.3 Å². The summed E-state index contributed by atoms with van der Waals surface area (Å²) in [7, 11) is 0. The number of aryl methyl sites for hydroxylation is 1. The van der Waals surface area contributed by atoms with Crippen LogP contribution >= 0.6 is 0 Å². The highest BCUT2D eigenvalue weighted by Gasteiger charge is 2.19. The minimum absolute atomic E-state index is 0.404. The van der Waals surface area contributed by atoms with E-state index in [0.29, 0.717) is 6.10 Å². The molecule has 0 spiro atoms. The zero-order valence-corrected chi connectivity index (χ0v) is 11.5. The van der Waals surface area contributed by atoms with Crippen LogP contribution in [0.5, 0.6) is 5.88 Å². The Morgan fingerprint density at radius 1 is 1.33 bits per heavy atom. The molecule has 3 heteroatoms. The summed E-state index contributed by atoms with van der Waals surface area (Å²) >= 11 is 0. The largest absolute Gasteiger partial charge is 0.474 e. The van der Waals surface area contributed by atoms with Gasteiger partial charge in [-0.3, -0.25) is 0 Å². The number of pyridine rings is 1. The number of nitrogens with zero attached hydrogens (tertiary/aromatic N) is 1. The summed E-state index contributed by atoms with van der Waals surface area (Å²) in [5, 5.41) is 3.43. The molecule has 1 fully saturated rings. The van der Waals surface area contributed by atoms with E-state index in [1.807, 2.05) is 0 Å². The Balaban J connectivity index is 2.00. The molecule has 1 saturated carbocycles. The molecule has 100 valence electrons. The molecule has 0 amide bonds. The van der Waals surface area contributed by atoms with Gasteiger partial charge in [-0.2, -0.15) is 0 Å². The van der Waals surface area contributed by atoms with Crippen molar-refractivity contribution in [3.8, 4) is 5.88 Å². The average molecular weight is 248 g/mol. The molecule has 0 aromatic carbocycles. The molecule has 1 aliphatic rings. The van der Waals surface area contributed by atoms with E-state index in [0.717, 1.165) is 37.5 Å². The van der Waals surface area contributed by atoms with E-state index in [1.165, 1.54) is 24.8 Å². The van der Waals surface area contributed by atoms with Crippen LogP contribution < -0.4 is 10.1 Å². The molecule has 0 atom stereocenters. The third-order valence-electron chi connectivity index (χ3n) is 3.37. The van der Waals surface area contributed by atoms with E-state index >= 15 is 0 Å². The van der Waals surface area contributed by atoms with Crippen LogP contribution in [0.3, 0.4) is 0 Å². The molecule has 0 aliphatic heterocycles. The standard InChI is InChI=1S/C15H24N2O/c1-3-8-16-11-12-9-13(4-2)17-15(10-12)18-14-6-5-7-14/h9-10,14,16H,3-8,11H2,1-2H3. The Morgan fingerprint density at radius 2 is 2.17 bits per heavy atom. The van der Waals surface area contributed by atoms with Gasteiger partial charge in [0.05, 0.1) is 0 Å². The van der Waals surface area contributed by atoms with Crippen molar-refractivity contribution in [3.63, 3.8) is 0 Å². The lowest BCUT2D eigenvalue weighted by Crippen LogP contribution is -2.25. The molecule has 1 heterocycles. The fraction of sp³-hybridized carbons (Fsp3) is 0.667. The number of rotatable bonds is 7. The first kappa shape index (κ1) is 13.3. The molecule has 0 unspecified atom stereocenters. The molecule has 1 aromatic heterocycles. The molecule has 3 nitrogen and oxygen atoms in total. The van der Waals surface area contributed by atoms with Gasteiger partial charge in [0.25, 0.3) is 0 Å². The first-order chi connectivity index (χ1) is 8.81. The van der Waals surface area contributed by atoms with E-state index in [2.05, 4.69) is 36.3 Å². The topological polar surface area (TPSA) is 34.2 Å². The van der Waals surface area contributed by atoms with Crippen molar-refractivity contribution in [2.75, 3.05) is 6.54 Å². The quantitative estimate of drug-likeness (QED) is 0.753. The summed E-state index contributed by atoms with van der Waals surface area (Å²) in [4.78, 5) is 4.55. The number of hydrogen-bond donors (Lipinski definition) is 1. The smallest absolute Gasteiger partial charge is 0.214 e. The van der Waals surface area contributed by atoms with Gasteiger partial charge in [0.1, 0.15) is 6.10 Å². The first-order valence-electron chi connectivity index (χ1n) is 7.19. The lowest BCUT2D eigenvalue weighted by molar-refractivity contribution is 0.114. The van der Waals surface area contributed by atoms with Crippen LogP contribution in [0.1, 0.15) is 50.8 Å². The Hall–Kier alpha value is -1.09. The van der Waals surface area contributed by atoms with Crippen LogP contribution in [0.25, 0.3) is 0 Å². The molecule has 0 bridgehead atoms. The minimum atomic E-state index is 0.404. The summed E-state index contributed by atoms with van der Waals surface area (Å²) in [6.07, 6.45) is 6.19. The van der Waals surface area contributed by atoms with E-state index in [-0.39, 0.29) is 0 Å². The summed E-state index contributed by atoms with van der Waals surface area (Å²) in [6, 6.07) is 4.26. The summed E-state index contributed by atoms with van der Waals surface area (Å²) in [5.74, 6) is 0.812. The SMILES string of the molecule is CCCNCc1cc(CC)nc(OC2CCC2)c1. The average Bonchev–Trinajstić information content (AvgIpc) is 2.34. The monoisotopic (exact) mass is 248 g/mol. The summed E-state index contributed by atoms with van der Waals surface area (Å²) < 4.78 is 5.90. The highest BCUT2D eigenvalue weighted by atomic mass is 16.5. The van der Waals surface area contributed by atoms with E-state index in [1.54, 1.807) is 0 Å². The van der Waals surface area contributed by atoms with Gasteiger partial charge in [-0.05, 0) is 50.3 Å². The number of nitrogens with one attached hydrogen (secondary N) is 1. The third-order valence-corrected chi connectivity index (χ3v) is 3.37. The van der Waals surface area contributed by atoms with Gasteiger partial charge in [-0.25, -0.2) is 4.98 Å². The predicted octanol–water partition coefficient (Wildman–Crippen LogP) is 3.07. The minimum Gasteiger partial charge on any atom is -0.474 e.